The Morgan fingerprint density at radius 3 is 1.65 bits per heavy atom. The minimum atomic E-state index is -5.08. The third-order valence-corrected chi connectivity index (χ3v) is 3.69. The summed E-state index contributed by atoms with van der Waals surface area (Å²) >= 11 is 0. The summed E-state index contributed by atoms with van der Waals surface area (Å²) in [5, 5.41) is 23.1. The van der Waals surface area contributed by atoms with E-state index < -0.39 is 51.0 Å². The smallest absolute Gasteiger partial charge is 0.292 e. The Morgan fingerprint density at radius 1 is 1.00 bits per heavy atom. The van der Waals surface area contributed by atoms with E-state index in [1.54, 1.807) is 0 Å². The first-order valence-electron chi connectivity index (χ1n) is 7.29. The molecule has 0 unspecified atom stereocenters. The molecule has 0 radical (unpaired) electrons. The SMILES string of the molecule is Cc1c(C(=O)COC(F)(F)F)c(C)c([N+](=O)[O-])c(C(C)(C)C)c1[N+](=O)[O-]. The second kappa shape index (κ2) is 6.98. The van der Waals surface area contributed by atoms with Crippen LogP contribution in [0.25, 0.3) is 0 Å². The van der Waals surface area contributed by atoms with Gasteiger partial charge in [0.1, 0.15) is 12.2 Å². The van der Waals surface area contributed by atoms with Gasteiger partial charge in [-0.1, -0.05) is 20.8 Å². The molecule has 0 saturated carbocycles. The summed E-state index contributed by atoms with van der Waals surface area (Å²) in [6.45, 7) is 5.48. The van der Waals surface area contributed by atoms with Crippen LogP contribution < -0.4 is 0 Å². The van der Waals surface area contributed by atoms with Crippen LogP contribution in [-0.2, 0) is 10.2 Å². The van der Waals surface area contributed by atoms with E-state index in [2.05, 4.69) is 4.74 Å². The van der Waals surface area contributed by atoms with Crippen molar-refractivity contribution in [2.75, 3.05) is 6.61 Å². The number of carbonyl (C=O) groups is 1. The number of nitro groups is 2. The highest BCUT2D eigenvalue weighted by Gasteiger charge is 2.41. The van der Waals surface area contributed by atoms with Gasteiger partial charge in [-0.3, -0.25) is 29.8 Å². The van der Waals surface area contributed by atoms with Gasteiger partial charge < -0.3 is 0 Å². The lowest BCUT2D eigenvalue weighted by Crippen LogP contribution is -2.24. The van der Waals surface area contributed by atoms with E-state index in [0.29, 0.717) is 0 Å². The minimum Gasteiger partial charge on any atom is -0.292 e. The van der Waals surface area contributed by atoms with Crippen molar-refractivity contribution in [1.82, 2.24) is 0 Å². The summed E-state index contributed by atoms with van der Waals surface area (Å²) in [6, 6.07) is 0. The highest BCUT2D eigenvalue weighted by atomic mass is 19.4. The summed E-state index contributed by atoms with van der Waals surface area (Å²) in [5.74, 6) is -1.23. The van der Waals surface area contributed by atoms with Gasteiger partial charge in [0.25, 0.3) is 11.4 Å². The normalized spacial score (nSPS) is 12.2. The lowest BCUT2D eigenvalue weighted by molar-refractivity contribution is -0.397. The van der Waals surface area contributed by atoms with Gasteiger partial charge in [-0.2, -0.15) is 0 Å². The Balaban J connectivity index is 3.83. The minimum absolute atomic E-state index is 0.198. The van der Waals surface area contributed by atoms with Crippen LogP contribution in [-0.4, -0.2) is 28.6 Å². The summed E-state index contributed by atoms with van der Waals surface area (Å²) < 4.78 is 40.0. The van der Waals surface area contributed by atoms with Crippen LogP contribution in [0.4, 0.5) is 24.5 Å². The zero-order valence-corrected chi connectivity index (χ0v) is 14.7. The average molecular weight is 378 g/mol. The molecule has 0 amide bonds. The van der Waals surface area contributed by atoms with Gasteiger partial charge in [0, 0.05) is 22.1 Å². The highest BCUT2D eigenvalue weighted by Crippen LogP contribution is 2.44. The molecule has 0 spiro atoms. The lowest BCUT2D eigenvalue weighted by Gasteiger charge is -2.22. The summed E-state index contributed by atoms with van der Waals surface area (Å²) in [5.41, 5.74) is -3.53. The quantitative estimate of drug-likeness (QED) is 0.432. The maximum absolute atomic E-state index is 12.2. The Kier molecular flexibility index (Phi) is 5.77. The van der Waals surface area contributed by atoms with Gasteiger partial charge in [0.15, 0.2) is 5.78 Å². The first-order valence-corrected chi connectivity index (χ1v) is 7.29. The first-order chi connectivity index (χ1) is 11.6. The van der Waals surface area contributed by atoms with Crippen LogP contribution in [0.2, 0.25) is 0 Å². The second-order valence-corrected chi connectivity index (χ2v) is 6.62. The summed E-state index contributed by atoms with van der Waals surface area (Å²) in [4.78, 5) is 33.5. The van der Waals surface area contributed by atoms with Crippen molar-refractivity contribution in [3.63, 3.8) is 0 Å². The van der Waals surface area contributed by atoms with Gasteiger partial charge in [-0.05, 0) is 13.8 Å². The molecule has 0 fully saturated rings. The molecule has 8 nitrogen and oxygen atoms in total. The molecule has 0 N–H and O–H groups in total. The number of carbonyl (C=O) groups excluding carboxylic acids is 1. The number of nitro benzene ring substituents is 2. The van der Waals surface area contributed by atoms with Crippen LogP contribution in [0, 0.1) is 34.1 Å². The fourth-order valence-electron chi connectivity index (χ4n) is 2.81. The van der Waals surface area contributed by atoms with Crippen molar-refractivity contribution in [2.24, 2.45) is 0 Å². The predicted octanol–water partition coefficient (Wildman–Crippen LogP) is 4.14. The van der Waals surface area contributed by atoms with Crippen molar-refractivity contribution in [2.45, 2.75) is 46.4 Å². The van der Waals surface area contributed by atoms with E-state index in [0.717, 1.165) is 0 Å². The Hall–Kier alpha value is -2.56. The second-order valence-electron chi connectivity index (χ2n) is 6.62. The zero-order chi connectivity index (χ0) is 20.6. The fourth-order valence-corrected chi connectivity index (χ4v) is 2.81. The number of benzene rings is 1. The average Bonchev–Trinajstić information content (AvgIpc) is 2.41. The van der Waals surface area contributed by atoms with E-state index >= 15 is 0 Å². The molecule has 26 heavy (non-hydrogen) atoms. The molecule has 0 aliphatic rings. The van der Waals surface area contributed by atoms with Gasteiger partial charge in [0.2, 0.25) is 0 Å². The molecule has 0 aliphatic carbocycles. The summed E-state index contributed by atoms with van der Waals surface area (Å²) in [6.07, 6.45) is -5.08. The van der Waals surface area contributed by atoms with Crippen LogP contribution in [0.3, 0.4) is 0 Å². The number of alkyl halides is 3. The van der Waals surface area contributed by atoms with Gasteiger partial charge in [0.05, 0.1) is 9.85 Å². The fraction of sp³-hybridized carbons (Fsp3) is 0.533. The number of nitrogens with zero attached hydrogens (tertiary/aromatic N) is 2. The van der Waals surface area contributed by atoms with Gasteiger partial charge in [-0.15, -0.1) is 13.2 Å². The number of hydrogen-bond acceptors (Lipinski definition) is 6. The third kappa shape index (κ3) is 4.34. The number of Topliss-reactive ketones (excluding diaryl/α,β-unsaturated/α-hetero) is 1. The monoisotopic (exact) mass is 378 g/mol. The van der Waals surface area contributed by atoms with E-state index in [-0.39, 0.29) is 16.7 Å². The van der Waals surface area contributed by atoms with E-state index in [1.807, 2.05) is 0 Å². The number of halogens is 3. The molecule has 11 heteroatoms. The third-order valence-electron chi connectivity index (χ3n) is 3.69. The van der Waals surface area contributed by atoms with E-state index in [9.17, 15) is 38.2 Å². The molecule has 0 heterocycles. The lowest BCUT2D eigenvalue weighted by atomic mass is 9.79. The number of ether oxygens (including phenoxy) is 1. The molecule has 144 valence electrons. The topological polar surface area (TPSA) is 113 Å². The van der Waals surface area contributed by atoms with E-state index in [4.69, 9.17) is 0 Å². The van der Waals surface area contributed by atoms with Crippen LogP contribution in [0.1, 0.15) is 47.8 Å². The molecule has 0 bridgehead atoms. The molecule has 0 saturated heterocycles. The van der Waals surface area contributed by atoms with Crippen LogP contribution in [0.5, 0.6) is 0 Å². The molecule has 0 aromatic heterocycles. The van der Waals surface area contributed by atoms with E-state index in [1.165, 1.54) is 34.6 Å². The van der Waals surface area contributed by atoms with Crippen molar-refractivity contribution < 1.29 is 32.5 Å². The molecular weight excluding hydrogens is 361 g/mol. The maximum Gasteiger partial charge on any atom is 0.522 e. The summed E-state index contributed by atoms with van der Waals surface area (Å²) in [7, 11) is 0. The standard InChI is InChI=1S/C15H17F3N2O6/c1-7-10(9(21)6-26-15(16,17)18)8(2)13(20(24)25)11(14(3,4)5)12(7)19(22)23/h6H2,1-5H3. The number of ketones is 1. The Morgan fingerprint density at radius 2 is 1.38 bits per heavy atom. The zero-order valence-electron chi connectivity index (χ0n) is 14.7. The van der Waals surface area contributed by atoms with Crippen LogP contribution in [0.15, 0.2) is 0 Å². The predicted molar refractivity (Wildman–Crippen MR) is 84.3 cm³/mol. The molecule has 1 rings (SSSR count). The van der Waals surface area contributed by atoms with Gasteiger partial charge >= 0.3 is 6.36 Å². The van der Waals surface area contributed by atoms with Crippen molar-refractivity contribution in [3.8, 4) is 0 Å². The van der Waals surface area contributed by atoms with Gasteiger partial charge in [-0.25, -0.2) is 0 Å². The Labute approximate surface area is 146 Å². The molecule has 0 atom stereocenters. The molecule has 1 aromatic rings. The number of hydrogen-bond donors (Lipinski definition) is 0. The molecule has 1 aromatic carbocycles. The largest absolute Gasteiger partial charge is 0.522 e. The molecule has 0 aliphatic heterocycles. The Bertz CT molecular complexity index is 740. The first kappa shape index (κ1) is 21.5. The van der Waals surface area contributed by atoms with Crippen molar-refractivity contribution >= 4 is 17.2 Å². The van der Waals surface area contributed by atoms with Crippen molar-refractivity contribution in [3.05, 3.63) is 42.5 Å². The maximum atomic E-state index is 12.2. The van der Waals surface area contributed by atoms with Crippen LogP contribution >= 0.6 is 0 Å². The highest BCUT2D eigenvalue weighted by molar-refractivity contribution is 6.02. The van der Waals surface area contributed by atoms with Crippen molar-refractivity contribution in [1.29, 1.82) is 0 Å². The number of rotatable bonds is 5. The molecular formula is C15H17F3N2O6.